The SMILES string of the molecule is Fc1cnc(OC(F)(F)F)c(Cl)c1F. The molecule has 0 amide bonds. The van der Waals surface area contributed by atoms with Crippen molar-refractivity contribution in [2.45, 2.75) is 6.36 Å². The number of hydrogen-bond donors (Lipinski definition) is 0. The first-order valence-corrected chi connectivity index (χ1v) is 3.44. The summed E-state index contributed by atoms with van der Waals surface area (Å²) in [5.74, 6) is -4.32. The van der Waals surface area contributed by atoms with Crippen LogP contribution in [-0.4, -0.2) is 11.3 Å². The highest BCUT2D eigenvalue weighted by Crippen LogP contribution is 2.30. The van der Waals surface area contributed by atoms with Crippen molar-refractivity contribution in [1.29, 1.82) is 0 Å². The highest BCUT2D eigenvalue weighted by Gasteiger charge is 2.33. The molecule has 8 heteroatoms. The molecule has 0 N–H and O–H groups in total. The van der Waals surface area contributed by atoms with Crippen molar-refractivity contribution in [2.75, 3.05) is 0 Å². The number of aromatic nitrogens is 1. The maximum absolute atomic E-state index is 12.6. The van der Waals surface area contributed by atoms with Crippen LogP contribution >= 0.6 is 11.6 Å². The van der Waals surface area contributed by atoms with E-state index in [2.05, 4.69) is 9.72 Å². The summed E-state index contributed by atoms with van der Waals surface area (Å²) in [6, 6.07) is 0. The van der Waals surface area contributed by atoms with Gasteiger partial charge in [-0.3, -0.25) is 0 Å². The van der Waals surface area contributed by atoms with Gasteiger partial charge in [0, 0.05) is 0 Å². The minimum absolute atomic E-state index is 0.238. The van der Waals surface area contributed by atoms with Crippen LogP contribution in [0.5, 0.6) is 5.88 Å². The van der Waals surface area contributed by atoms with Crippen LogP contribution in [0.2, 0.25) is 5.02 Å². The summed E-state index contributed by atoms with van der Waals surface area (Å²) in [6.07, 6.45) is -4.82. The highest BCUT2D eigenvalue weighted by atomic mass is 35.5. The summed E-state index contributed by atoms with van der Waals surface area (Å²) in [4.78, 5) is 2.83. The minimum atomic E-state index is -5.05. The predicted molar refractivity (Wildman–Crippen MR) is 35.8 cm³/mol. The summed E-state index contributed by atoms with van der Waals surface area (Å²) in [5, 5.41) is -1.15. The van der Waals surface area contributed by atoms with Crippen molar-refractivity contribution in [2.24, 2.45) is 0 Å². The fraction of sp³-hybridized carbons (Fsp3) is 0.167. The molecule has 0 saturated carbocycles. The summed E-state index contributed by atoms with van der Waals surface area (Å²) < 4.78 is 63.0. The van der Waals surface area contributed by atoms with E-state index in [0.29, 0.717) is 0 Å². The van der Waals surface area contributed by atoms with Crippen LogP contribution in [0.15, 0.2) is 6.20 Å². The highest BCUT2D eigenvalue weighted by molar-refractivity contribution is 6.31. The molecule has 0 saturated heterocycles. The fourth-order valence-corrected chi connectivity index (χ4v) is 0.786. The first-order chi connectivity index (χ1) is 6.31. The molecule has 0 aromatic carbocycles. The fourth-order valence-electron chi connectivity index (χ4n) is 0.608. The van der Waals surface area contributed by atoms with Gasteiger partial charge < -0.3 is 4.74 Å². The van der Waals surface area contributed by atoms with E-state index in [1.54, 1.807) is 0 Å². The maximum Gasteiger partial charge on any atom is 0.574 e. The summed E-state index contributed by atoms with van der Waals surface area (Å²) >= 11 is 5.00. The van der Waals surface area contributed by atoms with Crippen molar-refractivity contribution < 1.29 is 26.7 Å². The largest absolute Gasteiger partial charge is 0.574 e. The van der Waals surface area contributed by atoms with Crippen LogP contribution in [0.1, 0.15) is 0 Å². The van der Waals surface area contributed by atoms with Gasteiger partial charge in [-0.1, -0.05) is 11.6 Å². The number of pyridine rings is 1. The number of halogens is 6. The molecule has 0 unspecified atom stereocenters. The van der Waals surface area contributed by atoms with Gasteiger partial charge in [0.1, 0.15) is 5.02 Å². The van der Waals surface area contributed by atoms with Crippen LogP contribution in [0.4, 0.5) is 22.0 Å². The first-order valence-electron chi connectivity index (χ1n) is 3.06. The van der Waals surface area contributed by atoms with Crippen LogP contribution in [0.3, 0.4) is 0 Å². The average molecular weight is 234 g/mol. The van der Waals surface area contributed by atoms with Crippen molar-refractivity contribution in [3.05, 3.63) is 22.9 Å². The molecule has 78 valence electrons. The van der Waals surface area contributed by atoms with Gasteiger partial charge in [-0.25, -0.2) is 13.8 Å². The molecular weight excluding hydrogens is 233 g/mol. The average Bonchev–Trinajstić information content (AvgIpc) is 2.04. The van der Waals surface area contributed by atoms with Gasteiger partial charge in [-0.15, -0.1) is 13.2 Å². The van der Waals surface area contributed by atoms with E-state index in [1.807, 2.05) is 0 Å². The van der Waals surface area contributed by atoms with Gasteiger partial charge in [0.2, 0.25) is 5.88 Å². The molecule has 0 aliphatic carbocycles. The van der Waals surface area contributed by atoms with Crippen LogP contribution in [-0.2, 0) is 0 Å². The third kappa shape index (κ3) is 2.44. The normalized spacial score (nSPS) is 11.6. The molecule has 1 heterocycles. The molecule has 1 aromatic rings. The first kappa shape index (κ1) is 11.0. The lowest BCUT2D eigenvalue weighted by Crippen LogP contribution is -2.18. The van der Waals surface area contributed by atoms with Crippen molar-refractivity contribution in [1.82, 2.24) is 4.98 Å². The molecule has 0 aliphatic heterocycles. The molecule has 0 radical (unpaired) electrons. The van der Waals surface area contributed by atoms with E-state index in [1.165, 1.54) is 0 Å². The lowest BCUT2D eigenvalue weighted by Gasteiger charge is -2.09. The second-order valence-electron chi connectivity index (χ2n) is 2.09. The van der Waals surface area contributed by atoms with Gasteiger partial charge in [0.05, 0.1) is 6.20 Å². The Labute approximate surface area is 79.3 Å². The Morgan fingerprint density at radius 2 is 1.86 bits per heavy atom. The topological polar surface area (TPSA) is 22.1 Å². The van der Waals surface area contributed by atoms with E-state index in [-0.39, 0.29) is 6.20 Å². The van der Waals surface area contributed by atoms with Crippen molar-refractivity contribution in [3.63, 3.8) is 0 Å². The standard InChI is InChI=1S/C6HClF5NO/c7-3-4(9)2(8)1-13-5(3)14-6(10,11)12/h1H. The lowest BCUT2D eigenvalue weighted by molar-refractivity contribution is -0.276. The van der Waals surface area contributed by atoms with Crippen LogP contribution in [0.25, 0.3) is 0 Å². The number of nitrogens with zero attached hydrogens (tertiary/aromatic N) is 1. The molecular formula is C6HClF5NO. The summed E-state index contributed by atoms with van der Waals surface area (Å²) in [6.45, 7) is 0. The van der Waals surface area contributed by atoms with E-state index in [9.17, 15) is 22.0 Å². The minimum Gasteiger partial charge on any atom is -0.386 e. The van der Waals surface area contributed by atoms with Gasteiger partial charge in [-0.2, -0.15) is 0 Å². The summed E-state index contributed by atoms with van der Waals surface area (Å²) in [5.41, 5.74) is 0. The molecule has 0 fully saturated rings. The molecule has 0 aliphatic rings. The molecule has 2 nitrogen and oxygen atoms in total. The smallest absolute Gasteiger partial charge is 0.386 e. The monoisotopic (exact) mass is 233 g/mol. The molecule has 0 spiro atoms. The third-order valence-corrected chi connectivity index (χ3v) is 1.43. The number of hydrogen-bond acceptors (Lipinski definition) is 2. The molecule has 0 atom stereocenters. The van der Waals surface area contributed by atoms with Gasteiger partial charge in [0.25, 0.3) is 0 Å². The Balaban J connectivity index is 3.06. The van der Waals surface area contributed by atoms with Crippen molar-refractivity contribution >= 4 is 11.6 Å². The van der Waals surface area contributed by atoms with E-state index >= 15 is 0 Å². The van der Waals surface area contributed by atoms with Crippen molar-refractivity contribution in [3.8, 4) is 5.88 Å². The Bertz CT molecular complexity index is 353. The zero-order valence-electron chi connectivity index (χ0n) is 6.20. The van der Waals surface area contributed by atoms with E-state index in [0.717, 1.165) is 0 Å². The number of alkyl halides is 3. The number of ether oxygens (including phenoxy) is 1. The maximum atomic E-state index is 12.6. The zero-order chi connectivity index (χ0) is 10.9. The Morgan fingerprint density at radius 1 is 1.29 bits per heavy atom. The second kappa shape index (κ2) is 3.56. The predicted octanol–water partition coefficient (Wildman–Crippen LogP) is 2.91. The third-order valence-electron chi connectivity index (χ3n) is 1.10. The Hall–Kier alpha value is -1.11. The zero-order valence-corrected chi connectivity index (χ0v) is 6.96. The quantitative estimate of drug-likeness (QED) is 0.696. The van der Waals surface area contributed by atoms with Gasteiger partial charge >= 0.3 is 6.36 Å². The molecule has 14 heavy (non-hydrogen) atoms. The molecule has 1 rings (SSSR count). The van der Waals surface area contributed by atoms with E-state index < -0.39 is 28.9 Å². The second-order valence-corrected chi connectivity index (χ2v) is 2.47. The lowest BCUT2D eigenvalue weighted by atomic mass is 10.4. The van der Waals surface area contributed by atoms with Crippen LogP contribution in [0, 0.1) is 11.6 Å². The summed E-state index contributed by atoms with van der Waals surface area (Å²) in [7, 11) is 0. The van der Waals surface area contributed by atoms with E-state index in [4.69, 9.17) is 11.6 Å². The number of rotatable bonds is 1. The van der Waals surface area contributed by atoms with Gasteiger partial charge in [-0.05, 0) is 0 Å². The van der Waals surface area contributed by atoms with Crippen LogP contribution < -0.4 is 4.74 Å². The molecule has 1 aromatic heterocycles. The Kier molecular flexibility index (Phi) is 2.79. The molecule has 0 bridgehead atoms. The Morgan fingerprint density at radius 3 is 2.36 bits per heavy atom. The van der Waals surface area contributed by atoms with Gasteiger partial charge in [0.15, 0.2) is 11.6 Å².